The number of nitrogens with zero attached hydrogens (tertiary/aromatic N) is 2. The van der Waals surface area contributed by atoms with Crippen molar-refractivity contribution in [3.8, 4) is 0 Å². The topological polar surface area (TPSA) is 35.6 Å². The number of likely N-dealkylation sites (N-methyl/N-ethyl adjacent to an activating group) is 1. The van der Waals surface area contributed by atoms with Gasteiger partial charge in [0.1, 0.15) is 0 Å². The van der Waals surface area contributed by atoms with Crippen LogP contribution in [-0.4, -0.2) is 61.0 Å². The Balaban J connectivity index is 1.60. The lowest BCUT2D eigenvalue weighted by Gasteiger charge is -2.26. The maximum atomic E-state index is 12.5. The van der Waals surface area contributed by atoms with E-state index in [1.54, 1.807) is 0 Å². The van der Waals surface area contributed by atoms with E-state index in [1.165, 1.54) is 12.8 Å². The van der Waals surface area contributed by atoms with Gasteiger partial charge in [-0.05, 0) is 39.8 Å². The highest BCUT2D eigenvalue weighted by molar-refractivity contribution is 5.80. The van der Waals surface area contributed by atoms with Crippen molar-refractivity contribution in [1.29, 1.82) is 0 Å². The number of likely N-dealkylation sites (tertiary alicyclic amines) is 1. The number of hydrogen-bond donors (Lipinski definition) is 1. The van der Waals surface area contributed by atoms with Gasteiger partial charge < -0.3 is 15.1 Å². The normalized spacial score (nSPS) is 40.5. The fourth-order valence-corrected chi connectivity index (χ4v) is 3.70. The smallest absolute Gasteiger partial charge is 0.227 e. The molecule has 4 unspecified atom stereocenters. The van der Waals surface area contributed by atoms with Crippen molar-refractivity contribution in [1.82, 2.24) is 15.1 Å². The predicted molar refractivity (Wildman–Crippen MR) is 66.7 cm³/mol. The first kappa shape index (κ1) is 11.5. The van der Waals surface area contributed by atoms with E-state index in [1.807, 2.05) is 0 Å². The molecule has 4 heteroatoms. The quantitative estimate of drug-likeness (QED) is 0.750. The monoisotopic (exact) mass is 237 g/mol. The maximum Gasteiger partial charge on any atom is 0.227 e. The van der Waals surface area contributed by atoms with Crippen LogP contribution in [0.3, 0.4) is 0 Å². The van der Waals surface area contributed by atoms with E-state index in [0.717, 1.165) is 25.9 Å². The first-order valence-corrected chi connectivity index (χ1v) is 6.86. The number of carbonyl (C=O) groups excluding carboxylic acids is 1. The largest absolute Gasteiger partial charge is 0.341 e. The van der Waals surface area contributed by atoms with Crippen molar-refractivity contribution < 1.29 is 4.79 Å². The molecule has 3 heterocycles. The molecule has 3 fully saturated rings. The van der Waals surface area contributed by atoms with Crippen molar-refractivity contribution >= 4 is 5.91 Å². The van der Waals surface area contributed by atoms with Crippen LogP contribution in [0, 0.1) is 5.92 Å². The minimum atomic E-state index is 0.273. The number of fused-ring (bicyclic) bond motifs is 2. The highest BCUT2D eigenvalue weighted by Crippen LogP contribution is 2.35. The lowest BCUT2D eigenvalue weighted by molar-refractivity contribution is -0.135. The van der Waals surface area contributed by atoms with Crippen LogP contribution >= 0.6 is 0 Å². The summed E-state index contributed by atoms with van der Waals surface area (Å²) in [6, 6.07) is 1.66. The van der Waals surface area contributed by atoms with Crippen LogP contribution in [0.1, 0.15) is 25.7 Å². The Labute approximate surface area is 103 Å². The van der Waals surface area contributed by atoms with Crippen molar-refractivity contribution in [2.45, 2.75) is 43.8 Å². The fraction of sp³-hybridized carbons (Fsp3) is 0.923. The third kappa shape index (κ3) is 1.97. The summed E-state index contributed by atoms with van der Waals surface area (Å²) in [5.41, 5.74) is 0. The molecule has 0 aromatic rings. The number of amides is 1. The fourth-order valence-electron chi connectivity index (χ4n) is 3.70. The third-order valence-corrected chi connectivity index (χ3v) is 4.82. The number of nitrogens with one attached hydrogen (secondary N) is 1. The molecule has 3 saturated heterocycles. The molecular weight excluding hydrogens is 214 g/mol. The van der Waals surface area contributed by atoms with Crippen LogP contribution in [0.15, 0.2) is 0 Å². The van der Waals surface area contributed by atoms with Gasteiger partial charge >= 0.3 is 0 Å². The molecule has 2 bridgehead atoms. The summed E-state index contributed by atoms with van der Waals surface area (Å²) in [5, 5.41) is 3.56. The molecule has 3 aliphatic rings. The van der Waals surface area contributed by atoms with E-state index < -0.39 is 0 Å². The van der Waals surface area contributed by atoms with Crippen molar-refractivity contribution in [2.75, 3.05) is 27.2 Å². The lowest BCUT2D eigenvalue weighted by atomic mass is 9.88. The highest BCUT2D eigenvalue weighted by atomic mass is 16.2. The van der Waals surface area contributed by atoms with Gasteiger partial charge in [0.15, 0.2) is 0 Å². The Morgan fingerprint density at radius 2 is 2.12 bits per heavy atom. The Hall–Kier alpha value is -0.610. The summed E-state index contributed by atoms with van der Waals surface area (Å²) in [7, 11) is 4.22. The predicted octanol–water partition coefficient (Wildman–Crippen LogP) is 0.289. The zero-order valence-electron chi connectivity index (χ0n) is 10.9. The molecule has 96 valence electrons. The lowest BCUT2D eigenvalue weighted by Crippen LogP contribution is -2.41. The van der Waals surface area contributed by atoms with Gasteiger partial charge in [-0.3, -0.25) is 4.79 Å². The molecule has 0 saturated carbocycles. The Morgan fingerprint density at radius 3 is 2.65 bits per heavy atom. The Morgan fingerprint density at radius 1 is 1.29 bits per heavy atom. The summed E-state index contributed by atoms with van der Waals surface area (Å²) in [5.74, 6) is 0.684. The number of hydrogen-bond acceptors (Lipinski definition) is 3. The van der Waals surface area contributed by atoms with Crippen LogP contribution in [0.2, 0.25) is 0 Å². The molecule has 3 aliphatic heterocycles. The average molecular weight is 237 g/mol. The first-order chi connectivity index (χ1) is 8.15. The molecule has 4 atom stereocenters. The molecule has 0 aromatic carbocycles. The van der Waals surface area contributed by atoms with Gasteiger partial charge in [0, 0.05) is 31.2 Å². The molecule has 0 aromatic heterocycles. The minimum Gasteiger partial charge on any atom is -0.341 e. The van der Waals surface area contributed by atoms with Gasteiger partial charge in [-0.1, -0.05) is 0 Å². The van der Waals surface area contributed by atoms with Crippen molar-refractivity contribution in [2.24, 2.45) is 5.92 Å². The van der Waals surface area contributed by atoms with Gasteiger partial charge in [-0.2, -0.15) is 0 Å². The van der Waals surface area contributed by atoms with E-state index in [9.17, 15) is 4.79 Å². The second-order valence-electron chi connectivity index (χ2n) is 6.08. The van der Waals surface area contributed by atoms with E-state index in [4.69, 9.17) is 0 Å². The molecular formula is C13H23N3O. The minimum absolute atomic E-state index is 0.273. The molecule has 4 nitrogen and oxygen atoms in total. The Bertz CT molecular complexity index is 318. The molecule has 17 heavy (non-hydrogen) atoms. The average Bonchev–Trinajstić information content (AvgIpc) is 3.03. The molecule has 1 N–H and O–H groups in total. The van der Waals surface area contributed by atoms with Gasteiger partial charge in [-0.25, -0.2) is 0 Å². The number of carbonyl (C=O) groups is 1. The Kier molecular flexibility index (Phi) is 2.87. The summed E-state index contributed by atoms with van der Waals surface area (Å²) < 4.78 is 0. The first-order valence-electron chi connectivity index (χ1n) is 6.86. The van der Waals surface area contributed by atoms with Crippen LogP contribution in [0.4, 0.5) is 0 Å². The van der Waals surface area contributed by atoms with Gasteiger partial charge in [-0.15, -0.1) is 0 Å². The molecule has 1 amide bonds. The van der Waals surface area contributed by atoms with E-state index in [0.29, 0.717) is 24.0 Å². The second kappa shape index (κ2) is 4.25. The van der Waals surface area contributed by atoms with E-state index in [2.05, 4.69) is 29.2 Å². The summed E-state index contributed by atoms with van der Waals surface area (Å²) in [4.78, 5) is 16.8. The highest BCUT2D eigenvalue weighted by Gasteiger charge is 2.45. The van der Waals surface area contributed by atoms with Crippen LogP contribution in [-0.2, 0) is 4.79 Å². The van der Waals surface area contributed by atoms with E-state index in [-0.39, 0.29) is 5.92 Å². The van der Waals surface area contributed by atoms with Crippen LogP contribution in [0.5, 0.6) is 0 Å². The van der Waals surface area contributed by atoms with E-state index >= 15 is 0 Å². The molecule has 3 rings (SSSR count). The molecule has 0 spiro atoms. The SMILES string of the molecule is CN(C)C1CCN(C(=O)C2CC3CCC2N3)C1. The third-order valence-electron chi connectivity index (χ3n) is 4.82. The zero-order valence-corrected chi connectivity index (χ0v) is 10.9. The maximum absolute atomic E-state index is 12.5. The summed E-state index contributed by atoms with van der Waals surface area (Å²) >= 11 is 0. The zero-order chi connectivity index (χ0) is 12.0. The van der Waals surface area contributed by atoms with Gasteiger partial charge in [0.05, 0.1) is 5.92 Å². The van der Waals surface area contributed by atoms with Crippen LogP contribution in [0.25, 0.3) is 0 Å². The van der Waals surface area contributed by atoms with Crippen molar-refractivity contribution in [3.05, 3.63) is 0 Å². The van der Waals surface area contributed by atoms with Gasteiger partial charge in [0.2, 0.25) is 5.91 Å². The standard InChI is InChI=1S/C13H23N3O/c1-15(2)10-5-6-16(8-10)13(17)11-7-9-3-4-12(11)14-9/h9-12,14H,3-8H2,1-2H3. The van der Waals surface area contributed by atoms with Crippen LogP contribution < -0.4 is 5.32 Å². The molecule has 0 radical (unpaired) electrons. The molecule has 0 aliphatic carbocycles. The summed E-state index contributed by atoms with van der Waals surface area (Å²) in [6.45, 7) is 1.88. The van der Waals surface area contributed by atoms with Crippen molar-refractivity contribution in [3.63, 3.8) is 0 Å². The number of rotatable bonds is 2. The second-order valence-corrected chi connectivity index (χ2v) is 6.08. The van der Waals surface area contributed by atoms with Gasteiger partial charge in [0.25, 0.3) is 0 Å². The summed E-state index contributed by atoms with van der Waals surface area (Å²) in [6.07, 6.45) is 4.68.